The van der Waals surface area contributed by atoms with E-state index in [-0.39, 0.29) is 5.82 Å². The Kier molecular flexibility index (Phi) is 4.47. The van der Waals surface area contributed by atoms with Gasteiger partial charge in [0.1, 0.15) is 17.3 Å². The molecule has 0 spiro atoms. The number of anilines is 1. The summed E-state index contributed by atoms with van der Waals surface area (Å²) in [7, 11) is 0. The second-order valence-electron chi connectivity index (χ2n) is 6.13. The molecule has 8 heteroatoms. The van der Waals surface area contributed by atoms with Crippen molar-refractivity contribution in [3.8, 4) is 11.5 Å². The highest BCUT2D eigenvalue weighted by molar-refractivity contribution is 5.93. The first-order valence-corrected chi connectivity index (χ1v) is 8.51. The van der Waals surface area contributed by atoms with Gasteiger partial charge in [-0.25, -0.2) is 9.37 Å². The smallest absolute Gasteiger partial charge is 0.226 e. The van der Waals surface area contributed by atoms with Crippen LogP contribution in [0, 0.1) is 12.7 Å². The summed E-state index contributed by atoms with van der Waals surface area (Å²) < 4.78 is 13.3. The molecule has 0 aliphatic rings. The minimum atomic E-state index is -0.277. The molecule has 0 aliphatic heterocycles. The number of rotatable bonds is 5. The standard InChI is InChI=1S/C19H18FN7/c1-11-23-18(17-15-7-3-5-13(9-21)16(15)26-27-17)25-19(24-11)22-10-12-4-2-6-14(20)8-12/h2-8H,9-10,21H2,1H3,(H,26,27)(H,22,23,24,25). The molecular weight excluding hydrogens is 345 g/mol. The molecule has 4 N–H and O–H groups in total. The lowest BCUT2D eigenvalue weighted by Crippen LogP contribution is -2.07. The van der Waals surface area contributed by atoms with Gasteiger partial charge in [-0.15, -0.1) is 0 Å². The summed E-state index contributed by atoms with van der Waals surface area (Å²) in [6, 6.07) is 12.2. The Morgan fingerprint density at radius 2 is 1.96 bits per heavy atom. The monoisotopic (exact) mass is 363 g/mol. The van der Waals surface area contributed by atoms with Crippen LogP contribution in [0.1, 0.15) is 17.0 Å². The third kappa shape index (κ3) is 3.47. The maximum atomic E-state index is 13.3. The second-order valence-corrected chi connectivity index (χ2v) is 6.13. The number of aryl methyl sites for hydroxylation is 1. The largest absolute Gasteiger partial charge is 0.350 e. The molecule has 0 amide bonds. The molecule has 0 bridgehead atoms. The van der Waals surface area contributed by atoms with Crippen molar-refractivity contribution >= 4 is 16.9 Å². The molecule has 0 unspecified atom stereocenters. The maximum absolute atomic E-state index is 13.3. The van der Waals surface area contributed by atoms with E-state index in [4.69, 9.17) is 5.73 Å². The number of hydrogen-bond acceptors (Lipinski definition) is 6. The molecule has 0 atom stereocenters. The normalized spacial score (nSPS) is 11.1. The van der Waals surface area contributed by atoms with Gasteiger partial charge in [-0.05, 0) is 30.2 Å². The van der Waals surface area contributed by atoms with Gasteiger partial charge in [0.05, 0.1) is 5.52 Å². The van der Waals surface area contributed by atoms with Crippen LogP contribution in [0.5, 0.6) is 0 Å². The van der Waals surface area contributed by atoms with Crippen LogP contribution in [0.25, 0.3) is 22.4 Å². The summed E-state index contributed by atoms with van der Waals surface area (Å²) in [4.78, 5) is 13.2. The van der Waals surface area contributed by atoms with Crippen molar-refractivity contribution in [3.63, 3.8) is 0 Å². The molecule has 0 saturated carbocycles. The number of aromatic amines is 1. The van der Waals surface area contributed by atoms with Crippen LogP contribution in [0.15, 0.2) is 42.5 Å². The number of aromatic nitrogens is 5. The van der Waals surface area contributed by atoms with Crippen LogP contribution in [0.3, 0.4) is 0 Å². The van der Waals surface area contributed by atoms with E-state index in [1.165, 1.54) is 12.1 Å². The number of para-hydroxylation sites is 1. The first kappa shape index (κ1) is 17.0. The van der Waals surface area contributed by atoms with E-state index in [2.05, 4.69) is 30.5 Å². The number of fused-ring (bicyclic) bond motifs is 1. The average molecular weight is 363 g/mol. The van der Waals surface area contributed by atoms with Crippen molar-refractivity contribution in [1.82, 2.24) is 25.1 Å². The Labute approximate surface area is 154 Å². The number of nitrogens with one attached hydrogen (secondary N) is 2. The number of hydrogen-bond donors (Lipinski definition) is 3. The van der Waals surface area contributed by atoms with Crippen LogP contribution in [-0.2, 0) is 13.1 Å². The van der Waals surface area contributed by atoms with Crippen LogP contribution < -0.4 is 11.1 Å². The van der Waals surface area contributed by atoms with Crippen LogP contribution in [-0.4, -0.2) is 25.1 Å². The van der Waals surface area contributed by atoms with Gasteiger partial charge in [0, 0.05) is 18.5 Å². The van der Waals surface area contributed by atoms with Crippen LogP contribution in [0.2, 0.25) is 0 Å². The lowest BCUT2D eigenvalue weighted by molar-refractivity contribution is 0.626. The van der Waals surface area contributed by atoms with Crippen molar-refractivity contribution < 1.29 is 4.39 Å². The minimum absolute atomic E-state index is 0.277. The molecule has 2 heterocycles. The van der Waals surface area contributed by atoms with E-state index in [1.54, 1.807) is 13.0 Å². The fourth-order valence-electron chi connectivity index (χ4n) is 2.94. The second kappa shape index (κ2) is 7.08. The first-order chi connectivity index (χ1) is 13.1. The number of halogens is 1. The van der Waals surface area contributed by atoms with Gasteiger partial charge in [-0.3, -0.25) is 5.10 Å². The summed E-state index contributed by atoms with van der Waals surface area (Å²) in [5.41, 5.74) is 9.08. The zero-order chi connectivity index (χ0) is 18.8. The van der Waals surface area contributed by atoms with Crippen molar-refractivity contribution in [3.05, 3.63) is 65.2 Å². The molecule has 136 valence electrons. The number of nitrogens with two attached hydrogens (primary N) is 1. The minimum Gasteiger partial charge on any atom is -0.350 e. The number of nitrogens with zero attached hydrogens (tertiary/aromatic N) is 4. The summed E-state index contributed by atoms with van der Waals surface area (Å²) in [5.74, 6) is 1.16. The Morgan fingerprint density at radius 1 is 1.11 bits per heavy atom. The molecule has 4 rings (SSSR count). The average Bonchev–Trinajstić information content (AvgIpc) is 3.10. The maximum Gasteiger partial charge on any atom is 0.226 e. The van der Waals surface area contributed by atoms with E-state index in [0.717, 1.165) is 22.0 Å². The lowest BCUT2D eigenvalue weighted by atomic mass is 10.1. The van der Waals surface area contributed by atoms with Crippen molar-refractivity contribution in [2.75, 3.05) is 5.32 Å². The van der Waals surface area contributed by atoms with E-state index >= 15 is 0 Å². The Morgan fingerprint density at radius 3 is 2.78 bits per heavy atom. The zero-order valence-corrected chi connectivity index (χ0v) is 14.7. The Hall–Kier alpha value is -3.39. The van der Waals surface area contributed by atoms with Gasteiger partial charge >= 0.3 is 0 Å². The van der Waals surface area contributed by atoms with Gasteiger partial charge in [0.25, 0.3) is 0 Å². The van der Waals surface area contributed by atoms with E-state index in [1.807, 2.05) is 24.3 Å². The molecule has 0 radical (unpaired) electrons. The molecule has 2 aromatic carbocycles. The van der Waals surface area contributed by atoms with E-state index in [0.29, 0.717) is 36.4 Å². The third-order valence-electron chi connectivity index (χ3n) is 4.20. The molecule has 27 heavy (non-hydrogen) atoms. The highest BCUT2D eigenvalue weighted by Crippen LogP contribution is 2.26. The van der Waals surface area contributed by atoms with Crippen molar-refractivity contribution in [2.24, 2.45) is 5.73 Å². The summed E-state index contributed by atoms with van der Waals surface area (Å²) >= 11 is 0. The number of benzene rings is 2. The highest BCUT2D eigenvalue weighted by atomic mass is 19.1. The molecule has 0 saturated heterocycles. The van der Waals surface area contributed by atoms with Crippen molar-refractivity contribution in [1.29, 1.82) is 0 Å². The molecule has 0 aliphatic carbocycles. The molecular formula is C19H18FN7. The number of H-pyrrole nitrogens is 1. The Bertz CT molecular complexity index is 1110. The summed E-state index contributed by atoms with van der Waals surface area (Å²) in [6.07, 6.45) is 0. The molecule has 4 aromatic rings. The third-order valence-corrected chi connectivity index (χ3v) is 4.20. The predicted octanol–water partition coefficient (Wildman–Crippen LogP) is 2.93. The lowest BCUT2D eigenvalue weighted by Gasteiger charge is -2.07. The molecule has 0 fully saturated rings. The quantitative estimate of drug-likeness (QED) is 0.503. The van der Waals surface area contributed by atoms with Gasteiger partial charge in [0.15, 0.2) is 5.82 Å². The molecule has 7 nitrogen and oxygen atoms in total. The van der Waals surface area contributed by atoms with E-state index < -0.39 is 0 Å². The van der Waals surface area contributed by atoms with Gasteiger partial charge in [-0.1, -0.05) is 30.3 Å². The SMILES string of the molecule is Cc1nc(NCc2cccc(F)c2)nc(-c2n[nH]c3c(CN)cccc23)n1. The first-order valence-electron chi connectivity index (χ1n) is 8.51. The fourth-order valence-corrected chi connectivity index (χ4v) is 2.94. The topological polar surface area (TPSA) is 105 Å². The molecule has 2 aromatic heterocycles. The van der Waals surface area contributed by atoms with E-state index in [9.17, 15) is 4.39 Å². The van der Waals surface area contributed by atoms with Gasteiger partial charge in [0.2, 0.25) is 5.95 Å². The zero-order valence-electron chi connectivity index (χ0n) is 14.7. The van der Waals surface area contributed by atoms with Gasteiger partial charge in [-0.2, -0.15) is 15.1 Å². The van der Waals surface area contributed by atoms with Gasteiger partial charge < -0.3 is 11.1 Å². The predicted molar refractivity (Wildman–Crippen MR) is 101 cm³/mol. The summed E-state index contributed by atoms with van der Waals surface area (Å²) in [5, 5.41) is 11.4. The van der Waals surface area contributed by atoms with Crippen LogP contribution >= 0.6 is 0 Å². The fraction of sp³-hybridized carbons (Fsp3) is 0.158. The highest BCUT2D eigenvalue weighted by Gasteiger charge is 2.14. The summed E-state index contributed by atoms with van der Waals surface area (Å²) in [6.45, 7) is 2.60. The van der Waals surface area contributed by atoms with Crippen molar-refractivity contribution in [2.45, 2.75) is 20.0 Å². The Balaban J connectivity index is 1.67. The van der Waals surface area contributed by atoms with Crippen LogP contribution in [0.4, 0.5) is 10.3 Å².